The van der Waals surface area contributed by atoms with Gasteiger partial charge >= 0.3 is 12.1 Å². The molecule has 2 nitrogen and oxygen atoms in total. The molecule has 0 radical (unpaired) electrons. The van der Waals surface area contributed by atoms with Crippen molar-refractivity contribution in [2.45, 2.75) is 19.0 Å². The van der Waals surface area contributed by atoms with Crippen molar-refractivity contribution in [2.75, 3.05) is 0 Å². The van der Waals surface area contributed by atoms with Crippen LogP contribution in [0.25, 0.3) is 5.69 Å². The molecule has 108 valence electrons. The van der Waals surface area contributed by atoms with Gasteiger partial charge in [0.1, 0.15) is 5.69 Å². The molecule has 8 heteroatoms. The molecule has 0 aliphatic heterocycles. The standard InChI is InChI=1S/C12H8F6N2/c1-7-9(11(14,15)12(16,17)18)19-20(10(7)13)8-5-3-2-4-6-8/h2-6H,1H3. The first kappa shape index (κ1) is 14.4. The Hall–Kier alpha value is -1.99. The van der Waals surface area contributed by atoms with Crippen LogP contribution in [0.5, 0.6) is 0 Å². The van der Waals surface area contributed by atoms with Crippen LogP contribution in [-0.2, 0) is 5.92 Å². The Morgan fingerprint density at radius 2 is 1.55 bits per heavy atom. The van der Waals surface area contributed by atoms with Crippen molar-refractivity contribution in [1.29, 1.82) is 0 Å². The quantitative estimate of drug-likeness (QED) is 0.766. The Labute approximate surface area is 109 Å². The number of para-hydroxylation sites is 1. The summed E-state index contributed by atoms with van der Waals surface area (Å²) in [6.45, 7) is 0.830. The molecule has 0 amide bonds. The molecule has 0 fully saturated rings. The van der Waals surface area contributed by atoms with Gasteiger partial charge in [-0.2, -0.15) is 31.4 Å². The minimum Gasteiger partial charge on any atom is -0.206 e. The predicted molar refractivity (Wildman–Crippen MR) is 58.2 cm³/mol. The van der Waals surface area contributed by atoms with Gasteiger partial charge in [-0.25, -0.2) is 4.68 Å². The summed E-state index contributed by atoms with van der Waals surface area (Å²) in [6, 6.07) is 7.22. The number of aromatic nitrogens is 2. The summed E-state index contributed by atoms with van der Waals surface area (Å²) >= 11 is 0. The zero-order chi connectivity index (χ0) is 15.1. The van der Waals surface area contributed by atoms with Crippen molar-refractivity contribution in [3.05, 3.63) is 47.5 Å². The van der Waals surface area contributed by atoms with Crippen molar-refractivity contribution < 1.29 is 26.3 Å². The van der Waals surface area contributed by atoms with Gasteiger partial charge in [0, 0.05) is 5.56 Å². The minimum absolute atomic E-state index is 0.0531. The third kappa shape index (κ3) is 2.14. The maximum atomic E-state index is 13.8. The van der Waals surface area contributed by atoms with Crippen LogP contribution >= 0.6 is 0 Å². The normalized spacial score (nSPS) is 12.8. The largest absolute Gasteiger partial charge is 0.459 e. The van der Waals surface area contributed by atoms with Gasteiger partial charge in [0.25, 0.3) is 0 Å². The van der Waals surface area contributed by atoms with E-state index in [0.717, 1.165) is 6.92 Å². The van der Waals surface area contributed by atoms with E-state index in [2.05, 4.69) is 5.10 Å². The molecule has 1 aromatic heterocycles. The molecule has 0 N–H and O–H groups in total. The van der Waals surface area contributed by atoms with Crippen molar-refractivity contribution in [3.8, 4) is 5.69 Å². The molecule has 0 unspecified atom stereocenters. The van der Waals surface area contributed by atoms with Gasteiger partial charge in [0.15, 0.2) is 0 Å². The van der Waals surface area contributed by atoms with Gasteiger partial charge in [-0.15, -0.1) is 0 Å². The highest BCUT2D eigenvalue weighted by molar-refractivity contribution is 5.34. The first-order valence-corrected chi connectivity index (χ1v) is 5.42. The molecule has 1 aromatic carbocycles. The van der Waals surface area contributed by atoms with E-state index in [4.69, 9.17) is 0 Å². The molecule has 0 saturated heterocycles. The molecular formula is C12H8F6N2. The number of alkyl halides is 5. The van der Waals surface area contributed by atoms with Gasteiger partial charge in [0.2, 0.25) is 5.95 Å². The van der Waals surface area contributed by atoms with Gasteiger partial charge in [0.05, 0.1) is 5.69 Å². The van der Waals surface area contributed by atoms with E-state index in [9.17, 15) is 26.3 Å². The smallest absolute Gasteiger partial charge is 0.206 e. The highest BCUT2D eigenvalue weighted by Gasteiger charge is 2.61. The average molecular weight is 294 g/mol. The predicted octanol–water partition coefficient (Wildman–Crippen LogP) is 3.97. The van der Waals surface area contributed by atoms with E-state index in [1.54, 1.807) is 6.07 Å². The second kappa shape index (κ2) is 4.53. The number of benzene rings is 1. The number of rotatable bonds is 2. The Morgan fingerprint density at radius 1 is 1.00 bits per heavy atom. The molecule has 0 spiro atoms. The maximum Gasteiger partial charge on any atom is 0.459 e. The summed E-state index contributed by atoms with van der Waals surface area (Å²) in [5.74, 6) is -6.46. The Kier molecular flexibility index (Phi) is 3.27. The zero-order valence-electron chi connectivity index (χ0n) is 10.0. The number of nitrogens with zero attached hydrogens (tertiary/aromatic N) is 2. The van der Waals surface area contributed by atoms with Crippen LogP contribution in [0.4, 0.5) is 26.3 Å². The fourth-order valence-electron chi connectivity index (χ4n) is 1.65. The molecule has 0 aliphatic carbocycles. The van der Waals surface area contributed by atoms with Gasteiger partial charge < -0.3 is 0 Å². The Morgan fingerprint density at radius 3 is 2.05 bits per heavy atom. The maximum absolute atomic E-state index is 13.8. The zero-order valence-corrected chi connectivity index (χ0v) is 10.0. The molecule has 0 atom stereocenters. The lowest BCUT2D eigenvalue weighted by atomic mass is 10.1. The molecule has 0 aliphatic rings. The van der Waals surface area contributed by atoms with Gasteiger partial charge in [-0.3, -0.25) is 0 Å². The lowest BCUT2D eigenvalue weighted by molar-refractivity contribution is -0.291. The monoisotopic (exact) mass is 294 g/mol. The summed E-state index contributed by atoms with van der Waals surface area (Å²) in [5.41, 5.74) is -2.42. The van der Waals surface area contributed by atoms with E-state index in [1.165, 1.54) is 24.3 Å². The van der Waals surface area contributed by atoms with Crippen molar-refractivity contribution >= 4 is 0 Å². The average Bonchev–Trinajstić information content (AvgIpc) is 2.67. The van der Waals surface area contributed by atoms with Crippen LogP contribution in [0.1, 0.15) is 11.3 Å². The lowest BCUT2D eigenvalue weighted by Gasteiger charge is -2.17. The van der Waals surface area contributed by atoms with E-state index in [1.807, 2.05) is 0 Å². The SMILES string of the molecule is Cc1c(C(F)(F)C(F)(F)F)nn(-c2ccccc2)c1F. The topological polar surface area (TPSA) is 17.8 Å². The second-order valence-corrected chi connectivity index (χ2v) is 4.08. The molecular weight excluding hydrogens is 286 g/mol. The molecule has 1 heterocycles. The third-order valence-corrected chi connectivity index (χ3v) is 2.70. The fraction of sp³-hybridized carbons (Fsp3) is 0.250. The summed E-state index contributed by atoms with van der Waals surface area (Å²) in [7, 11) is 0. The van der Waals surface area contributed by atoms with Crippen LogP contribution < -0.4 is 0 Å². The second-order valence-electron chi connectivity index (χ2n) is 4.08. The van der Waals surface area contributed by atoms with Crippen molar-refractivity contribution in [1.82, 2.24) is 9.78 Å². The van der Waals surface area contributed by atoms with E-state index in [0.29, 0.717) is 4.68 Å². The Bertz CT molecular complexity index is 615. The van der Waals surface area contributed by atoms with Crippen LogP contribution in [0.2, 0.25) is 0 Å². The van der Waals surface area contributed by atoms with E-state index >= 15 is 0 Å². The first-order chi connectivity index (χ1) is 9.16. The highest BCUT2D eigenvalue weighted by atomic mass is 19.4. The number of hydrogen-bond donors (Lipinski definition) is 0. The summed E-state index contributed by atoms with van der Waals surface area (Å²) < 4.78 is 77.7. The van der Waals surface area contributed by atoms with E-state index in [-0.39, 0.29) is 5.69 Å². The van der Waals surface area contributed by atoms with Crippen molar-refractivity contribution in [3.63, 3.8) is 0 Å². The van der Waals surface area contributed by atoms with Crippen molar-refractivity contribution in [2.24, 2.45) is 0 Å². The van der Waals surface area contributed by atoms with Gasteiger partial charge in [-0.05, 0) is 19.1 Å². The first-order valence-electron chi connectivity index (χ1n) is 5.42. The highest BCUT2D eigenvalue weighted by Crippen LogP contribution is 2.44. The van der Waals surface area contributed by atoms with E-state index < -0.39 is 29.3 Å². The fourth-order valence-corrected chi connectivity index (χ4v) is 1.65. The molecule has 2 rings (SSSR count). The summed E-state index contributed by atoms with van der Waals surface area (Å²) in [5, 5.41) is 3.09. The Balaban J connectivity index is 2.60. The molecule has 0 bridgehead atoms. The molecule has 20 heavy (non-hydrogen) atoms. The molecule has 0 saturated carbocycles. The van der Waals surface area contributed by atoms with Gasteiger partial charge in [-0.1, -0.05) is 18.2 Å². The van der Waals surface area contributed by atoms with Crippen LogP contribution in [0.15, 0.2) is 30.3 Å². The third-order valence-electron chi connectivity index (χ3n) is 2.70. The summed E-state index contributed by atoms with van der Waals surface area (Å²) in [4.78, 5) is 0. The van der Waals surface area contributed by atoms with Crippen LogP contribution in [0, 0.1) is 12.9 Å². The minimum atomic E-state index is -5.83. The number of hydrogen-bond acceptors (Lipinski definition) is 1. The molecule has 2 aromatic rings. The number of halogens is 6. The van der Waals surface area contributed by atoms with Crippen LogP contribution in [0.3, 0.4) is 0 Å². The van der Waals surface area contributed by atoms with Crippen LogP contribution in [-0.4, -0.2) is 16.0 Å². The lowest BCUT2D eigenvalue weighted by Crippen LogP contribution is -2.34. The summed E-state index contributed by atoms with van der Waals surface area (Å²) in [6.07, 6.45) is -5.83.